The van der Waals surface area contributed by atoms with Crippen molar-refractivity contribution in [3.8, 4) is 0 Å². The molecule has 0 radical (unpaired) electrons. The minimum atomic E-state index is -0.659. The van der Waals surface area contributed by atoms with Crippen LogP contribution in [0.15, 0.2) is 0 Å². The lowest BCUT2D eigenvalue weighted by Gasteiger charge is -2.06. The molecule has 0 rings (SSSR count). The zero-order valence-corrected chi connectivity index (χ0v) is 27.7. The number of carboxylic acids is 1. The van der Waals surface area contributed by atoms with Crippen LogP contribution < -0.4 is 0 Å². The predicted octanol–water partition coefficient (Wildman–Crippen LogP) is 12.5. The molecule has 0 fully saturated rings. The maximum absolute atomic E-state index is 11.9. The molecular weight excluding hydrogens is 508 g/mol. The standard InChI is InChI=1S/C37H72O4/c1-2-3-4-5-6-7-18-22-25-28-31-34-37(40)41-35-32-29-26-23-20-17-15-13-11-9-8-10-12-14-16-19-21-24-27-30-33-36(38)39/h2-35H2,1H3,(H,38,39). The van der Waals surface area contributed by atoms with E-state index in [0.717, 1.165) is 25.7 Å². The summed E-state index contributed by atoms with van der Waals surface area (Å²) in [6.45, 7) is 2.89. The first-order valence-corrected chi connectivity index (χ1v) is 18.5. The summed E-state index contributed by atoms with van der Waals surface area (Å²) in [4.78, 5) is 22.4. The first-order chi connectivity index (χ1) is 20.2. The summed E-state index contributed by atoms with van der Waals surface area (Å²) in [6, 6.07) is 0. The van der Waals surface area contributed by atoms with Gasteiger partial charge in [0.1, 0.15) is 0 Å². The predicted molar refractivity (Wildman–Crippen MR) is 177 cm³/mol. The normalized spacial score (nSPS) is 11.2. The molecule has 0 saturated heterocycles. The van der Waals surface area contributed by atoms with E-state index in [1.165, 1.54) is 173 Å². The molecule has 1 N–H and O–H groups in total. The van der Waals surface area contributed by atoms with Crippen molar-refractivity contribution in [2.24, 2.45) is 0 Å². The van der Waals surface area contributed by atoms with E-state index in [2.05, 4.69) is 6.92 Å². The molecule has 0 atom stereocenters. The minimum Gasteiger partial charge on any atom is -0.481 e. The Morgan fingerprint density at radius 2 is 0.659 bits per heavy atom. The molecule has 0 spiro atoms. The van der Waals surface area contributed by atoms with Crippen LogP contribution in [0.2, 0.25) is 0 Å². The number of aliphatic carboxylic acids is 1. The van der Waals surface area contributed by atoms with Gasteiger partial charge in [-0.2, -0.15) is 0 Å². The average Bonchev–Trinajstić information content (AvgIpc) is 2.96. The van der Waals surface area contributed by atoms with E-state index in [4.69, 9.17) is 9.84 Å². The van der Waals surface area contributed by atoms with Gasteiger partial charge >= 0.3 is 11.9 Å². The van der Waals surface area contributed by atoms with Gasteiger partial charge in [-0.3, -0.25) is 9.59 Å². The topological polar surface area (TPSA) is 63.6 Å². The van der Waals surface area contributed by atoms with Gasteiger partial charge in [-0.15, -0.1) is 0 Å². The van der Waals surface area contributed by atoms with Crippen LogP contribution in [0, 0.1) is 0 Å². The number of carbonyl (C=O) groups is 2. The number of ether oxygens (including phenoxy) is 1. The van der Waals surface area contributed by atoms with Gasteiger partial charge in [-0.1, -0.05) is 187 Å². The van der Waals surface area contributed by atoms with Crippen LogP contribution in [0.25, 0.3) is 0 Å². The number of rotatable bonds is 35. The molecule has 0 aromatic rings. The van der Waals surface area contributed by atoms with Gasteiger partial charge in [0.2, 0.25) is 0 Å². The van der Waals surface area contributed by atoms with Gasteiger partial charge in [0, 0.05) is 12.8 Å². The smallest absolute Gasteiger partial charge is 0.305 e. The lowest BCUT2D eigenvalue weighted by Crippen LogP contribution is -2.05. The summed E-state index contributed by atoms with van der Waals surface area (Å²) in [5.74, 6) is -0.646. The summed E-state index contributed by atoms with van der Waals surface area (Å²) in [6.07, 6.45) is 41.2. The van der Waals surface area contributed by atoms with Gasteiger partial charge < -0.3 is 9.84 Å². The zero-order chi connectivity index (χ0) is 29.9. The summed E-state index contributed by atoms with van der Waals surface area (Å²) < 4.78 is 5.43. The van der Waals surface area contributed by atoms with Gasteiger partial charge in [0.05, 0.1) is 6.61 Å². The minimum absolute atomic E-state index is 0.0132. The third kappa shape index (κ3) is 36.9. The molecule has 41 heavy (non-hydrogen) atoms. The molecule has 0 aliphatic rings. The molecule has 4 heteroatoms. The Balaban J connectivity index is 3.13. The van der Waals surface area contributed by atoms with Crippen LogP contribution in [0.3, 0.4) is 0 Å². The maximum Gasteiger partial charge on any atom is 0.305 e. The molecule has 0 saturated carbocycles. The van der Waals surface area contributed by atoms with Crippen LogP contribution >= 0.6 is 0 Å². The summed E-state index contributed by atoms with van der Waals surface area (Å²) in [5.41, 5.74) is 0. The molecule has 0 aliphatic heterocycles. The molecular formula is C37H72O4. The maximum atomic E-state index is 11.9. The largest absolute Gasteiger partial charge is 0.481 e. The molecule has 244 valence electrons. The first-order valence-electron chi connectivity index (χ1n) is 18.5. The highest BCUT2D eigenvalue weighted by Gasteiger charge is 2.03. The highest BCUT2D eigenvalue weighted by Crippen LogP contribution is 2.16. The molecule has 0 aliphatic carbocycles. The lowest BCUT2D eigenvalue weighted by atomic mass is 10.0. The van der Waals surface area contributed by atoms with Crippen molar-refractivity contribution in [1.29, 1.82) is 0 Å². The monoisotopic (exact) mass is 581 g/mol. The second-order valence-electron chi connectivity index (χ2n) is 12.7. The Morgan fingerprint density at radius 1 is 0.390 bits per heavy atom. The first kappa shape index (κ1) is 39.9. The quantitative estimate of drug-likeness (QED) is 0.0598. The van der Waals surface area contributed by atoms with Crippen LogP contribution in [-0.2, 0) is 14.3 Å². The van der Waals surface area contributed by atoms with E-state index in [-0.39, 0.29) is 5.97 Å². The fourth-order valence-corrected chi connectivity index (χ4v) is 5.75. The van der Waals surface area contributed by atoms with Crippen molar-refractivity contribution >= 4 is 11.9 Å². The third-order valence-corrected chi connectivity index (χ3v) is 8.53. The summed E-state index contributed by atoms with van der Waals surface area (Å²) in [5, 5.41) is 8.63. The highest BCUT2D eigenvalue weighted by molar-refractivity contribution is 5.69. The molecule has 0 aromatic carbocycles. The molecule has 0 aromatic heterocycles. The second kappa shape index (κ2) is 35.1. The molecule has 0 unspecified atom stereocenters. The Kier molecular flexibility index (Phi) is 34.2. The van der Waals surface area contributed by atoms with Crippen molar-refractivity contribution in [2.75, 3.05) is 6.61 Å². The number of carbonyl (C=O) groups excluding carboxylic acids is 1. The van der Waals surface area contributed by atoms with Crippen LogP contribution in [0.1, 0.15) is 219 Å². The molecule has 0 bridgehead atoms. The summed E-state index contributed by atoms with van der Waals surface area (Å²) >= 11 is 0. The van der Waals surface area contributed by atoms with Gasteiger partial charge in [0.15, 0.2) is 0 Å². The van der Waals surface area contributed by atoms with Crippen molar-refractivity contribution in [2.45, 2.75) is 219 Å². The third-order valence-electron chi connectivity index (χ3n) is 8.53. The van der Waals surface area contributed by atoms with E-state index >= 15 is 0 Å². The molecule has 0 heterocycles. The fourth-order valence-electron chi connectivity index (χ4n) is 5.75. The Morgan fingerprint density at radius 3 is 0.976 bits per heavy atom. The Bertz CT molecular complexity index is 533. The number of esters is 1. The molecule has 0 amide bonds. The SMILES string of the molecule is CCCCCCCCCCCCCC(=O)OCCCCCCCCCCCCCCCCCCCCCCC(=O)O. The number of carboxylic acid groups (broad SMARTS) is 1. The zero-order valence-electron chi connectivity index (χ0n) is 27.7. The number of hydrogen-bond acceptors (Lipinski definition) is 3. The van der Waals surface area contributed by atoms with E-state index < -0.39 is 5.97 Å². The van der Waals surface area contributed by atoms with E-state index in [9.17, 15) is 9.59 Å². The van der Waals surface area contributed by atoms with E-state index in [0.29, 0.717) is 19.4 Å². The number of hydrogen-bond donors (Lipinski definition) is 1. The van der Waals surface area contributed by atoms with E-state index in [1.54, 1.807) is 0 Å². The van der Waals surface area contributed by atoms with Crippen LogP contribution in [0.4, 0.5) is 0 Å². The van der Waals surface area contributed by atoms with Crippen molar-refractivity contribution in [3.63, 3.8) is 0 Å². The van der Waals surface area contributed by atoms with Crippen molar-refractivity contribution in [1.82, 2.24) is 0 Å². The van der Waals surface area contributed by atoms with Gasteiger partial charge in [-0.05, 0) is 19.3 Å². The van der Waals surface area contributed by atoms with Gasteiger partial charge in [0.25, 0.3) is 0 Å². The van der Waals surface area contributed by atoms with Crippen LogP contribution in [-0.4, -0.2) is 23.7 Å². The number of unbranched alkanes of at least 4 members (excludes halogenated alkanes) is 29. The Labute approximate surface area is 256 Å². The lowest BCUT2D eigenvalue weighted by molar-refractivity contribution is -0.144. The van der Waals surface area contributed by atoms with Gasteiger partial charge in [-0.25, -0.2) is 0 Å². The second-order valence-corrected chi connectivity index (χ2v) is 12.7. The van der Waals surface area contributed by atoms with Crippen molar-refractivity contribution < 1.29 is 19.4 Å². The summed E-state index contributed by atoms with van der Waals surface area (Å²) in [7, 11) is 0. The van der Waals surface area contributed by atoms with E-state index in [1.807, 2.05) is 0 Å². The molecule has 4 nitrogen and oxygen atoms in total. The van der Waals surface area contributed by atoms with Crippen molar-refractivity contribution in [3.05, 3.63) is 0 Å². The highest BCUT2D eigenvalue weighted by atomic mass is 16.5. The fraction of sp³-hybridized carbons (Fsp3) is 0.946. The van der Waals surface area contributed by atoms with Crippen LogP contribution in [0.5, 0.6) is 0 Å². The Hall–Kier alpha value is -1.06. The average molecular weight is 581 g/mol.